The van der Waals surface area contributed by atoms with Gasteiger partial charge in [-0.2, -0.15) is 0 Å². The Labute approximate surface area is 229 Å². The van der Waals surface area contributed by atoms with Gasteiger partial charge in [-0.25, -0.2) is 0 Å². The summed E-state index contributed by atoms with van der Waals surface area (Å²) in [4.78, 5) is 12.6. The number of carboxylic acids is 1. The van der Waals surface area contributed by atoms with E-state index in [2.05, 4.69) is 11.6 Å². The molecule has 0 radical (unpaired) electrons. The van der Waals surface area contributed by atoms with Gasteiger partial charge in [0.05, 0.1) is 0 Å². The maximum absolute atomic E-state index is 13.3. The molecule has 1 aliphatic rings. The van der Waals surface area contributed by atoms with Crippen molar-refractivity contribution in [1.29, 1.82) is 0 Å². The molecular weight excluding hydrogens is 605 g/mol. The van der Waals surface area contributed by atoms with Gasteiger partial charge in [-0.3, -0.25) is 0 Å². The van der Waals surface area contributed by atoms with E-state index >= 15 is 0 Å². The van der Waals surface area contributed by atoms with Crippen LogP contribution in [0.4, 0.5) is 5.69 Å². The molecule has 1 aliphatic heterocycles. The summed E-state index contributed by atoms with van der Waals surface area (Å²) < 4.78 is 42.4. The number of halogens is 1. The monoisotopic (exact) mass is 636 g/mol. The topological polar surface area (TPSA) is 102 Å². The van der Waals surface area contributed by atoms with E-state index in [0.29, 0.717) is 28.0 Å². The van der Waals surface area contributed by atoms with Crippen LogP contribution in [0.3, 0.4) is 0 Å². The zero-order chi connectivity index (χ0) is 26.7. The number of carbonyl (C=O) groups is 1. The molecule has 0 fully saturated rings. The molecule has 0 aliphatic carbocycles. The molecule has 1 heterocycles. The quantitative estimate of drug-likeness (QED) is 0.212. The van der Waals surface area contributed by atoms with Crippen LogP contribution < -0.4 is 31.1 Å². The van der Waals surface area contributed by atoms with Crippen LogP contribution in [0.2, 0.25) is 0 Å². The molecule has 37 heavy (non-hydrogen) atoms. The number of hydrogen-bond donors (Lipinski definition) is 2. The third-order valence-corrected chi connectivity index (χ3v) is 9.83. The number of sulfonamides is 1. The fourth-order valence-electron chi connectivity index (χ4n) is 4.43. The number of carboxylic acid groups (broad SMARTS) is 1. The predicted molar refractivity (Wildman–Crippen MR) is 139 cm³/mol. The van der Waals surface area contributed by atoms with Gasteiger partial charge in [-0.1, -0.05) is 0 Å². The van der Waals surface area contributed by atoms with Crippen molar-refractivity contribution in [2.75, 3.05) is 9.15 Å². The number of unbranched alkanes of at least 4 members (excludes halogenated alkanes) is 2. The Kier molecular flexibility index (Phi) is 8.45. The van der Waals surface area contributed by atoms with E-state index in [1.807, 2.05) is 38.1 Å². The maximum atomic E-state index is 13.3. The van der Waals surface area contributed by atoms with Gasteiger partial charge >= 0.3 is 230 Å². The minimum atomic E-state index is -3.96. The van der Waals surface area contributed by atoms with Crippen molar-refractivity contribution in [1.82, 2.24) is 0 Å². The number of fused-ring (bicyclic) bond motifs is 2. The Morgan fingerprint density at radius 1 is 1.05 bits per heavy atom. The molecule has 1 atom stereocenters. The second-order valence-corrected chi connectivity index (χ2v) is 12.9. The third-order valence-electron chi connectivity index (χ3n) is 6.37. The van der Waals surface area contributed by atoms with Crippen LogP contribution in [0.5, 0.6) is 11.5 Å². The van der Waals surface area contributed by atoms with Crippen molar-refractivity contribution in [2.45, 2.75) is 58.0 Å². The zero-order valence-electron chi connectivity index (χ0n) is 21.3. The van der Waals surface area contributed by atoms with Crippen LogP contribution >= 0.6 is 0 Å². The van der Waals surface area contributed by atoms with Crippen molar-refractivity contribution in [3.8, 4) is 22.6 Å². The van der Waals surface area contributed by atoms with Crippen LogP contribution in [0.25, 0.3) is 11.1 Å². The van der Waals surface area contributed by atoms with Crippen LogP contribution in [0.15, 0.2) is 53.4 Å². The predicted octanol–water partition coefficient (Wildman–Crippen LogP) is 3.52. The van der Waals surface area contributed by atoms with Gasteiger partial charge < -0.3 is 0 Å². The number of ether oxygens (including phenoxy) is 1. The first kappa shape index (κ1) is 27.4. The van der Waals surface area contributed by atoms with E-state index in [1.54, 1.807) is 25.1 Å². The van der Waals surface area contributed by atoms with Crippen LogP contribution in [-0.4, -0.2) is 23.9 Å². The van der Waals surface area contributed by atoms with Crippen molar-refractivity contribution in [3.05, 3.63) is 70.8 Å². The SMILES string of the molecule is CCCCC[I-]O[C@H](C(=O)O)c1c(C)c2c(c(C)c1-c1ccc(C)cc1)Oc1ccccc1S(=O)(=O)N2. The van der Waals surface area contributed by atoms with E-state index in [-0.39, 0.29) is 16.3 Å². The van der Waals surface area contributed by atoms with Gasteiger partial charge in [-0.15, -0.1) is 0 Å². The summed E-state index contributed by atoms with van der Waals surface area (Å²) >= 11 is -0.824. The van der Waals surface area contributed by atoms with Crippen molar-refractivity contribution in [2.24, 2.45) is 0 Å². The number of para-hydroxylation sites is 1. The van der Waals surface area contributed by atoms with Crippen LogP contribution in [0, 0.1) is 20.8 Å². The van der Waals surface area contributed by atoms with Gasteiger partial charge in [0, 0.05) is 0 Å². The van der Waals surface area contributed by atoms with E-state index < -0.39 is 43.7 Å². The first-order chi connectivity index (χ1) is 17.7. The van der Waals surface area contributed by atoms with E-state index in [0.717, 1.165) is 34.8 Å². The van der Waals surface area contributed by atoms with E-state index in [9.17, 15) is 18.3 Å². The number of rotatable bonds is 9. The molecule has 3 aromatic carbocycles. The number of alkyl halides is 1. The van der Waals surface area contributed by atoms with Crippen molar-refractivity contribution >= 4 is 21.7 Å². The fourth-order valence-corrected chi connectivity index (χ4v) is 7.63. The number of aryl methyl sites for hydroxylation is 1. The van der Waals surface area contributed by atoms with Crippen molar-refractivity contribution in [3.63, 3.8) is 0 Å². The average Bonchev–Trinajstić information content (AvgIpc) is 2.98. The summed E-state index contributed by atoms with van der Waals surface area (Å²) in [6, 6.07) is 14.3. The Morgan fingerprint density at radius 2 is 1.76 bits per heavy atom. The molecule has 198 valence electrons. The van der Waals surface area contributed by atoms with Gasteiger partial charge in [0.1, 0.15) is 0 Å². The molecule has 0 aromatic heterocycles. The number of hydrogen-bond acceptors (Lipinski definition) is 5. The molecule has 0 saturated heterocycles. The number of nitrogens with one attached hydrogen (secondary N) is 1. The Morgan fingerprint density at radius 3 is 2.43 bits per heavy atom. The van der Waals surface area contributed by atoms with Gasteiger partial charge in [-0.05, 0) is 0 Å². The first-order valence-corrected chi connectivity index (χ1v) is 16.1. The Bertz CT molecular complexity index is 1420. The number of benzene rings is 3. The molecule has 0 saturated carbocycles. The van der Waals surface area contributed by atoms with Crippen LogP contribution in [-0.2, 0) is 17.9 Å². The zero-order valence-corrected chi connectivity index (χ0v) is 24.3. The molecule has 0 unspecified atom stereocenters. The molecule has 7 nitrogen and oxygen atoms in total. The third kappa shape index (κ3) is 5.63. The van der Waals surface area contributed by atoms with Crippen molar-refractivity contribution < 1.29 is 47.7 Å². The molecule has 0 spiro atoms. The van der Waals surface area contributed by atoms with Crippen LogP contribution in [0.1, 0.15) is 54.5 Å². The van der Waals surface area contributed by atoms with E-state index in [1.165, 1.54) is 6.07 Å². The minimum absolute atomic E-state index is 0.0243. The summed E-state index contributed by atoms with van der Waals surface area (Å²) in [6.45, 7) is 7.66. The molecule has 0 bridgehead atoms. The normalized spacial score (nSPS) is 14.6. The molecular formula is C28H31INO6S-. The molecule has 2 N–H and O–H groups in total. The molecule has 4 rings (SSSR count). The van der Waals surface area contributed by atoms with Gasteiger partial charge in [0.2, 0.25) is 0 Å². The summed E-state index contributed by atoms with van der Waals surface area (Å²) in [7, 11) is -3.96. The Balaban J connectivity index is 1.95. The summed E-state index contributed by atoms with van der Waals surface area (Å²) in [6.07, 6.45) is 1.92. The summed E-state index contributed by atoms with van der Waals surface area (Å²) in [5, 5.41) is 10.3. The second-order valence-electron chi connectivity index (χ2n) is 9.08. The number of anilines is 1. The van der Waals surface area contributed by atoms with Gasteiger partial charge in [0.15, 0.2) is 0 Å². The fraction of sp³-hybridized carbons (Fsp3) is 0.321. The van der Waals surface area contributed by atoms with Gasteiger partial charge in [0.25, 0.3) is 0 Å². The standard InChI is InChI=1S/C28H31INO6S/c1-5-6-9-16-29-36-27(28(31)32)24-18(3)25-26(19(4)23(24)20-14-12-17(2)13-15-20)35-21-10-7-8-11-22(21)37(33,34)30-25/h7-8,10-15,27,30H,5-6,9,16H2,1-4H3,(H,31,32)/q-1/t27-/m0/s1. The molecule has 3 aromatic rings. The summed E-state index contributed by atoms with van der Waals surface area (Å²) in [5.74, 6) is -0.537. The first-order valence-electron chi connectivity index (χ1n) is 12.2. The molecule has 9 heteroatoms. The van der Waals surface area contributed by atoms with E-state index in [4.69, 9.17) is 7.80 Å². The number of aliphatic carboxylic acids is 1. The summed E-state index contributed by atoms with van der Waals surface area (Å²) in [5.41, 5.74) is 4.35. The molecule has 0 amide bonds. The Hall–Kier alpha value is -2.63. The second kappa shape index (κ2) is 11.4. The average molecular weight is 637 g/mol.